The Hall–Kier alpha value is -0.252. The molecular formula is C16H38N2Si4. The van der Waals surface area contributed by atoms with Crippen LogP contribution < -0.4 is 4.65 Å². The molecule has 0 bridgehead atoms. The molecule has 0 aromatic rings. The van der Waals surface area contributed by atoms with Gasteiger partial charge in [-0.15, -0.1) is 26.3 Å². The fourth-order valence-corrected chi connectivity index (χ4v) is 14.3. The average molecular weight is 371 g/mol. The molecule has 1 N–H and O–H groups in total. The Morgan fingerprint density at radius 3 is 1.23 bits per heavy atom. The van der Waals surface area contributed by atoms with Gasteiger partial charge < -0.3 is 8.88 Å². The molecule has 0 aliphatic rings. The van der Waals surface area contributed by atoms with Gasteiger partial charge in [-0.1, -0.05) is 68.6 Å². The third kappa shape index (κ3) is 10.5. The van der Waals surface area contributed by atoms with Crippen LogP contribution in [0.2, 0.25) is 45.8 Å². The van der Waals surface area contributed by atoms with Crippen LogP contribution in [0.25, 0.3) is 0 Å². The molecule has 0 atom stereocenters. The van der Waals surface area contributed by atoms with Crippen molar-refractivity contribution in [3.05, 3.63) is 49.1 Å². The second-order valence-corrected chi connectivity index (χ2v) is 24.7. The van der Waals surface area contributed by atoms with E-state index in [4.69, 9.17) is 0 Å². The maximum Gasteiger partial charge on any atom is 0.153 e. The van der Waals surface area contributed by atoms with E-state index in [1.165, 1.54) is 0 Å². The summed E-state index contributed by atoms with van der Waals surface area (Å²) in [6.07, 6.45) is 0. The van der Waals surface area contributed by atoms with Crippen molar-refractivity contribution in [3.8, 4) is 0 Å². The molecule has 0 heterocycles. The van der Waals surface area contributed by atoms with Crippen LogP contribution >= 0.6 is 0 Å². The van der Waals surface area contributed by atoms with Gasteiger partial charge in [0.05, 0.1) is 0 Å². The Bertz CT molecular complexity index is 358. The molecule has 0 aromatic heterocycles. The zero-order valence-electron chi connectivity index (χ0n) is 16.2. The van der Waals surface area contributed by atoms with E-state index in [0.29, 0.717) is 0 Å². The monoisotopic (exact) mass is 370 g/mol. The Balaban J connectivity index is 0. The lowest BCUT2D eigenvalue weighted by Crippen LogP contribution is -2.57. The van der Waals surface area contributed by atoms with E-state index in [9.17, 15) is 0 Å². The quantitative estimate of drug-likeness (QED) is 0.638. The molecule has 128 valence electrons. The third-order valence-electron chi connectivity index (χ3n) is 3.65. The van der Waals surface area contributed by atoms with Crippen molar-refractivity contribution in [1.29, 1.82) is 0 Å². The lowest BCUT2D eigenvalue weighted by molar-refractivity contribution is 0.794. The molecule has 0 saturated heterocycles. The zero-order valence-corrected chi connectivity index (χ0v) is 20.3. The SMILES string of the molecule is C=C[SiH](C=C)N(C)[Si](C)(C)C.C=C[Si](C)(C)N[Si](C)(C)C=C. The molecule has 0 fully saturated rings. The van der Waals surface area contributed by atoms with Gasteiger partial charge in [0.1, 0.15) is 24.7 Å². The Morgan fingerprint density at radius 2 is 1.09 bits per heavy atom. The first-order valence-corrected chi connectivity index (χ1v) is 19.3. The van der Waals surface area contributed by atoms with Crippen molar-refractivity contribution in [2.75, 3.05) is 7.05 Å². The second kappa shape index (κ2) is 9.79. The van der Waals surface area contributed by atoms with Gasteiger partial charge in [0.2, 0.25) is 0 Å². The van der Waals surface area contributed by atoms with Crippen LogP contribution in [0, 0.1) is 0 Å². The van der Waals surface area contributed by atoms with E-state index in [1.54, 1.807) is 0 Å². The van der Waals surface area contributed by atoms with E-state index in [0.717, 1.165) is 0 Å². The maximum absolute atomic E-state index is 3.84. The van der Waals surface area contributed by atoms with Crippen molar-refractivity contribution in [2.45, 2.75) is 45.8 Å². The molecule has 0 radical (unpaired) electrons. The molecule has 0 spiro atoms. The van der Waals surface area contributed by atoms with Crippen LogP contribution in [0.4, 0.5) is 0 Å². The van der Waals surface area contributed by atoms with E-state index >= 15 is 0 Å². The Morgan fingerprint density at radius 1 is 0.773 bits per heavy atom. The molecule has 6 heteroatoms. The predicted molar refractivity (Wildman–Crippen MR) is 117 cm³/mol. The molecule has 22 heavy (non-hydrogen) atoms. The minimum atomic E-state index is -1.33. The standard InChI is InChI=1S/2C8H19NSi2/c1-7-10(3,4)9-11(5,6)8-2;1-7-10(8-2)9(3)11(4,5)6/h7-9H,1-2H2,3-6H3;7-8,10H,1-2H2,3-6H3. The van der Waals surface area contributed by atoms with Gasteiger partial charge in [-0.3, -0.25) is 0 Å². The summed E-state index contributed by atoms with van der Waals surface area (Å²) in [4.78, 5) is 0. The number of hydrogen-bond donors (Lipinski definition) is 1. The summed E-state index contributed by atoms with van der Waals surface area (Å²) in [5.41, 5.74) is 8.30. The van der Waals surface area contributed by atoms with Crippen molar-refractivity contribution in [3.63, 3.8) is 0 Å². The zero-order chi connectivity index (χ0) is 18.2. The van der Waals surface area contributed by atoms with Gasteiger partial charge in [-0.25, -0.2) is 0 Å². The lowest BCUT2D eigenvalue weighted by atomic mass is 11.2. The van der Waals surface area contributed by atoms with Gasteiger partial charge in [-0.2, -0.15) is 0 Å². The van der Waals surface area contributed by atoms with Gasteiger partial charge >= 0.3 is 0 Å². The number of nitrogens with zero attached hydrogens (tertiary/aromatic N) is 1. The van der Waals surface area contributed by atoms with Crippen LogP contribution in [0.5, 0.6) is 0 Å². The maximum atomic E-state index is 3.84. The normalized spacial score (nSPS) is 12.5. The second-order valence-electron chi connectivity index (χ2n) is 7.72. The molecular weight excluding hydrogens is 333 g/mol. The van der Waals surface area contributed by atoms with Crippen molar-refractivity contribution < 1.29 is 0 Å². The summed E-state index contributed by atoms with van der Waals surface area (Å²) in [6, 6.07) is 0. The number of rotatable bonds is 8. The summed E-state index contributed by atoms with van der Waals surface area (Å²) >= 11 is 0. The molecule has 0 amide bonds. The average Bonchev–Trinajstić information content (AvgIpc) is 2.38. The highest BCUT2D eigenvalue weighted by atomic mass is 28.4. The topological polar surface area (TPSA) is 15.3 Å². The van der Waals surface area contributed by atoms with Gasteiger partial charge in [0.15, 0.2) is 8.96 Å². The minimum absolute atomic E-state index is 0.988. The largest absolute Gasteiger partial charge is 0.353 e. The van der Waals surface area contributed by atoms with Crippen molar-refractivity contribution in [1.82, 2.24) is 8.88 Å². The van der Waals surface area contributed by atoms with E-state index in [2.05, 4.69) is 111 Å². The Kier molecular flexibility index (Phi) is 10.7. The van der Waals surface area contributed by atoms with Gasteiger partial charge in [0, 0.05) is 0 Å². The summed E-state index contributed by atoms with van der Waals surface area (Å²) < 4.78 is 6.18. The van der Waals surface area contributed by atoms with E-state index in [1.807, 2.05) is 0 Å². The van der Waals surface area contributed by atoms with Gasteiger partial charge in [-0.05, 0) is 7.05 Å². The summed E-state index contributed by atoms with van der Waals surface area (Å²) in [6.45, 7) is 31.4. The molecule has 0 rings (SSSR count). The van der Waals surface area contributed by atoms with E-state index < -0.39 is 33.7 Å². The van der Waals surface area contributed by atoms with Crippen LogP contribution in [-0.4, -0.2) is 44.9 Å². The lowest BCUT2D eigenvalue weighted by Gasteiger charge is -2.33. The molecule has 0 aromatic carbocycles. The molecule has 0 saturated carbocycles. The number of hydrogen-bond acceptors (Lipinski definition) is 2. The molecule has 0 aliphatic carbocycles. The van der Waals surface area contributed by atoms with E-state index in [-0.39, 0.29) is 0 Å². The first kappa shape index (κ1) is 24.0. The van der Waals surface area contributed by atoms with Crippen molar-refractivity contribution in [2.24, 2.45) is 0 Å². The summed E-state index contributed by atoms with van der Waals surface area (Å²) in [7, 11) is -2.56. The highest BCUT2D eigenvalue weighted by Crippen LogP contribution is 2.09. The fourth-order valence-electron chi connectivity index (χ4n) is 1.79. The van der Waals surface area contributed by atoms with Crippen LogP contribution in [0.15, 0.2) is 49.1 Å². The van der Waals surface area contributed by atoms with Crippen molar-refractivity contribution >= 4 is 33.7 Å². The van der Waals surface area contributed by atoms with Crippen LogP contribution in [0.1, 0.15) is 0 Å². The molecule has 2 nitrogen and oxygen atoms in total. The minimum Gasteiger partial charge on any atom is -0.353 e. The highest BCUT2D eigenvalue weighted by molar-refractivity contribution is 6.95. The summed E-state index contributed by atoms with van der Waals surface area (Å²) in [5.74, 6) is 0. The van der Waals surface area contributed by atoms with Crippen LogP contribution in [-0.2, 0) is 0 Å². The van der Waals surface area contributed by atoms with Crippen LogP contribution in [0.3, 0.4) is 0 Å². The summed E-state index contributed by atoms with van der Waals surface area (Å²) in [5, 5.41) is 0. The third-order valence-corrected chi connectivity index (χ3v) is 18.0. The predicted octanol–water partition coefficient (Wildman–Crippen LogP) is 4.36. The Labute approximate surface area is 144 Å². The number of nitrogens with one attached hydrogen (secondary N) is 1. The first-order chi connectivity index (χ1) is 9.76. The first-order valence-electron chi connectivity index (χ1n) is 7.81. The fraction of sp³-hybridized carbons (Fsp3) is 0.500. The highest BCUT2D eigenvalue weighted by Gasteiger charge is 2.26. The van der Waals surface area contributed by atoms with Gasteiger partial charge in [0.25, 0.3) is 0 Å². The molecule has 0 aliphatic heterocycles. The molecule has 0 unspecified atom stereocenters. The smallest absolute Gasteiger partial charge is 0.153 e.